The Hall–Kier alpha value is -1.26. The Kier molecular flexibility index (Phi) is 5.48. The topological polar surface area (TPSA) is 49.4 Å². The number of carbonyl (C=O) groups is 2. The maximum atomic E-state index is 12.0. The molecular weight excluding hydrogens is 311 g/mol. The number of amides is 2. The molecule has 1 aromatic rings. The van der Waals surface area contributed by atoms with E-state index < -0.39 is 0 Å². The van der Waals surface area contributed by atoms with Crippen LogP contribution in [0.25, 0.3) is 0 Å². The second kappa shape index (κ2) is 7.14. The van der Waals surface area contributed by atoms with Gasteiger partial charge in [-0.2, -0.15) is 0 Å². The van der Waals surface area contributed by atoms with Crippen LogP contribution >= 0.6 is 23.2 Å². The van der Waals surface area contributed by atoms with E-state index in [1.807, 2.05) is 6.92 Å². The summed E-state index contributed by atoms with van der Waals surface area (Å²) in [7, 11) is 0. The molecule has 1 heterocycles. The molecule has 2 amide bonds. The third kappa shape index (κ3) is 4.61. The van der Waals surface area contributed by atoms with Crippen LogP contribution in [0.2, 0.25) is 10.0 Å². The van der Waals surface area contributed by atoms with Crippen LogP contribution in [0.15, 0.2) is 18.2 Å². The van der Waals surface area contributed by atoms with Crippen LogP contribution in [-0.4, -0.2) is 35.8 Å². The molecule has 0 radical (unpaired) electrons. The van der Waals surface area contributed by atoms with Gasteiger partial charge in [0.1, 0.15) is 0 Å². The van der Waals surface area contributed by atoms with E-state index in [1.165, 1.54) is 0 Å². The molecule has 1 aliphatic rings. The highest BCUT2D eigenvalue weighted by Crippen LogP contribution is 2.21. The smallest absolute Gasteiger partial charge is 0.224 e. The predicted molar refractivity (Wildman–Crippen MR) is 83.6 cm³/mol. The summed E-state index contributed by atoms with van der Waals surface area (Å²) in [5, 5.41) is 3.97. The van der Waals surface area contributed by atoms with Gasteiger partial charge in [0, 0.05) is 35.6 Å². The van der Waals surface area contributed by atoms with Crippen molar-refractivity contribution in [3.05, 3.63) is 33.8 Å². The van der Waals surface area contributed by atoms with Crippen molar-refractivity contribution in [3.8, 4) is 0 Å². The van der Waals surface area contributed by atoms with Crippen molar-refractivity contribution in [2.45, 2.75) is 32.2 Å². The molecule has 1 saturated heterocycles. The molecule has 0 bridgehead atoms. The molecule has 1 fully saturated rings. The van der Waals surface area contributed by atoms with E-state index in [1.54, 1.807) is 23.1 Å². The van der Waals surface area contributed by atoms with E-state index in [4.69, 9.17) is 23.2 Å². The highest BCUT2D eigenvalue weighted by molar-refractivity contribution is 6.33. The van der Waals surface area contributed by atoms with Crippen molar-refractivity contribution in [1.82, 2.24) is 10.2 Å². The molecule has 1 aliphatic heterocycles. The van der Waals surface area contributed by atoms with Crippen LogP contribution in [0.3, 0.4) is 0 Å². The van der Waals surface area contributed by atoms with Gasteiger partial charge in [0.2, 0.25) is 11.8 Å². The Morgan fingerprint density at radius 3 is 2.86 bits per heavy atom. The molecule has 0 aliphatic carbocycles. The van der Waals surface area contributed by atoms with E-state index in [-0.39, 0.29) is 24.3 Å². The SMILES string of the molecule is CC(CN1CCCC1=O)NC(=O)Cc1cc(Cl)ccc1Cl. The summed E-state index contributed by atoms with van der Waals surface area (Å²) in [6, 6.07) is 4.97. The summed E-state index contributed by atoms with van der Waals surface area (Å²) < 4.78 is 0. The van der Waals surface area contributed by atoms with Crippen LogP contribution in [0.1, 0.15) is 25.3 Å². The lowest BCUT2D eigenvalue weighted by Crippen LogP contribution is -2.42. The maximum absolute atomic E-state index is 12.0. The molecule has 1 atom stereocenters. The number of hydrogen-bond donors (Lipinski definition) is 1. The second-order valence-electron chi connectivity index (χ2n) is 5.32. The third-order valence-electron chi connectivity index (χ3n) is 3.43. The lowest BCUT2D eigenvalue weighted by molar-refractivity contribution is -0.129. The van der Waals surface area contributed by atoms with Crippen molar-refractivity contribution in [3.63, 3.8) is 0 Å². The number of benzene rings is 1. The molecule has 1 aromatic carbocycles. The van der Waals surface area contributed by atoms with Crippen molar-refractivity contribution in [2.75, 3.05) is 13.1 Å². The Morgan fingerprint density at radius 1 is 1.43 bits per heavy atom. The molecule has 0 saturated carbocycles. The molecule has 1 N–H and O–H groups in total. The number of rotatable bonds is 5. The fourth-order valence-electron chi connectivity index (χ4n) is 2.45. The number of nitrogens with one attached hydrogen (secondary N) is 1. The maximum Gasteiger partial charge on any atom is 0.224 e. The summed E-state index contributed by atoms with van der Waals surface area (Å²) in [6.07, 6.45) is 1.69. The van der Waals surface area contributed by atoms with Crippen LogP contribution in [0, 0.1) is 0 Å². The summed E-state index contributed by atoms with van der Waals surface area (Å²) in [4.78, 5) is 25.4. The largest absolute Gasteiger partial charge is 0.352 e. The van der Waals surface area contributed by atoms with Crippen molar-refractivity contribution >= 4 is 35.0 Å². The summed E-state index contributed by atoms with van der Waals surface area (Å²) in [5.41, 5.74) is 0.700. The van der Waals surface area contributed by atoms with Gasteiger partial charge in [-0.3, -0.25) is 9.59 Å². The molecule has 6 heteroatoms. The van der Waals surface area contributed by atoms with Gasteiger partial charge >= 0.3 is 0 Å². The molecule has 0 spiro atoms. The first-order valence-corrected chi connectivity index (χ1v) is 7.72. The number of likely N-dealkylation sites (tertiary alicyclic amines) is 1. The van der Waals surface area contributed by atoms with Gasteiger partial charge in [-0.15, -0.1) is 0 Å². The number of hydrogen-bond acceptors (Lipinski definition) is 2. The third-order valence-corrected chi connectivity index (χ3v) is 4.04. The van der Waals surface area contributed by atoms with Crippen LogP contribution in [0.5, 0.6) is 0 Å². The molecule has 1 unspecified atom stereocenters. The summed E-state index contributed by atoms with van der Waals surface area (Å²) >= 11 is 11.9. The van der Waals surface area contributed by atoms with Gasteiger partial charge in [0.15, 0.2) is 0 Å². The van der Waals surface area contributed by atoms with Gasteiger partial charge < -0.3 is 10.2 Å². The predicted octanol–water partition coefficient (Wildman–Crippen LogP) is 2.66. The first-order valence-electron chi connectivity index (χ1n) is 6.97. The van der Waals surface area contributed by atoms with Crippen molar-refractivity contribution in [1.29, 1.82) is 0 Å². The Labute approximate surface area is 134 Å². The van der Waals surface area contributed by atoms with Gasteiger partial charge in [-0.1, -0.05) is 23.2 Å². The first-order chi connectivity index (χ1) is 9.95. The van der Waals surface area contributed by atoms with E-state index in [0.29, 0.717) is 28.6 Å². The zero-order valence-electron chi connectivity index (χ0n) is 11.9. The quantitative estimate of drug-likeness (QED) is 0.903. The lowest BCUT2D eigenvalue weighted by atomic mass is 10.1. The fraction of sp³-hybridized carbons (Fsp3) is 0.467. The lowest BCUT2D eigenvalue weighted by Gasteiger charge is -2.21. The molecule has 114 valence electrons. The Bertz CT molecular complexity index is 548. The van der Waals surface area contributed by atoms with E-state index in [0.717, 1.165) is 13.0 Å². The zero-order valence-corrected chi connectivity index (χ0v) is 13.4. The highest BCUT2D eigenvalue weighted by atomic mass is 35.5. The van der Waals surface area contributed by atoms with Gasteiger partial charge in [0.05, 0.1) is 6.42 Å². The van der Waals surface area contributed by atoms with Gasteiger partial charge in [0.25, 0.3) is 0 Å². The fourth-order valence-corrected chi connectivity index (χ4v) is 2.83. The molecule has 0 aromatic heterocycles. The van der Waals surface area contributed by atoms with E-state index in [2.05, 4.69) is 5.32 Å². The monoisotopic (exact) mass is 328 g/mol. The number of carbonyl (C=O) groups excluding carboxylic acids is 2. The van der Waals surface area contributed by atoms with Crippen molar-refractivity contribution in [2.24, 2.45) is 0 Å². The zero-order chi connectivity index (χ0) is 15.4. The van der Waals surface area contributed by atoms with E-state index in [9.17, 15) is 9.59 Å². The Morgan fingerprint density at radius 2 is 2.19 bits per heavy atom. The standard InChI is InChI=1S/C15H18Cl2N2O2/c1-10(9-19-6-2-3-15(19)21)18-14(20)8-11-7-12(16)4-5-13(11)17/h4-5,7,10H,2-3,6,8-9H2,1H3,(H,18,20). The van der Waals surface area contributed by atoms with Crippen molar-refractivity contribution < 1.29 is 9.59 Å². The summed E-state index contributed by atoms with van der Waals surface area (Å²) in [6.45, 7) is 3.22. The Balaban J connectivity index is 1.86. The molecular formula is C15H18Cl2N2O2. The minimum atomic E-state index is -0.127. The average molecular weight is 329 g/mol. The minimum absolute atomic E-state index is 0.0856. The summed E-state index contributed by atoms with van der Waals surface area (Å²) in [5.74, 6) is 0.0345. The second-order valence-corrected chi connectivity index (χ2v) is 6.17. The van der Waals surface area contributed by atoms with Gasteiger partial charge in [-0.05, 0) is 37.1 Å². The van der Waals surface area contributed by atoms with Crippen LogP contribution in [0.4, 0.5) is 0 Å². The molecule has 4 nitrogen and oxygen atoms in total. The van der Waals surface area contributed by atoms with Gasteiger partial charge in [-0.25, -0.2) is 0 Å². The molecule has 21 heavy (non-hydrogen) atoms. The molecule has 2 rings (SSSR count). The number of halogens is 2. The van der Waals surface area contributed by atoms with Crippen LogP contribution in [-0.2, 0) is 16.0 Å². The van der Waals surface area contributed by atoms with Crippen LogP contribution < -0.4 is 5.32 Å². The average Bonchev–Trinajstić information content (AvgIpc) is 2.79. The minimum Gasteiger partial charge on any atom is -0.352 e. The highest BCUT2D eigenvalue weighted by Gasteiger charge is 2.22. The normalized spacial score (nSPS) is 16.1. The number of nitrogens with zero attached hydrogens (tertiary/aromatic N) is 1. The first kappa shape index (κ1) is 16.1. The van der Waals surface area contributed by atoms with E-state index >= 15 is 0 Å².